The molecule has 0 radical (unpaired) electrons. The topological polar surface area (TPSA) is 17.0 Å². The number of nitrogens with zero attached hydrogens (tertiary/aromatic N) is 1. The maximum atomic E-state index is 6.23. The third-order valence-corrected chi connectivity index (χ3v) is 3.50. The van der Waals surface area contributed by atoms with Crippen LogP contribution in [-0.4, -0.2) is 17.2 Å². The summed E-state index contributed by atoms with van der Waals surface area (Å²) in [5.41, 5.74) is 1.14. The summed E-state index contributed by atoms with van der Waals surface area (Å²) >= 11 is 6.23. The lowest BCUT2D eigenvalue weighted by atomic mass is 10.2. The van der Waals surface area contributed by atoms with E-state index >= 15 is 0 Å². The highest BCUT2D eigenvalue weighted by Gasteiger charge is 2.04. The van der Waals surface area contributed by atoms with Crippen molar-refractivity contribution in [3.8, 4) is 0 Å². The van der Waals surface area contributed by atoms with E-state index in [0.717, 1.165) is 30.0 Å². The quantitative estimate of drug-likeness (QED) is 0.857. The minimum absolute atomic E-state index is 0.576. The fourth-order valence-corrected chi connectivity index (χ4v) is 2.27. The Morgan fingerprint density at radius 2 is 2.18 bits per heavy atom. The zero-order valence-electron chi connectivity index (χ0n) is 10.4. The molecule has 17 heavy (non-hydrogen) atoms. The summed E-state index contributed by atoms with van der Waals surface area (Å²) in [5, 5.41) is 5.53. The van der Waals surface area contributed by atoms with Gasteiger partial charge in [-0.15, -0.1) is 0 Å². The monoisotopic (exact) mass is 250 g/mol. The largest absolute Gasteiger partial charge is 0.345 e. The minimum Gasteiger partial charge on any atom is -0.345 e. The number of aromatic nitrogens is 1. The van der Waals surface area contributed by atoms with E-state index < -0.39 is 0 Å². The molecule has 1 N–H and O–H groups in total. The summed E-state index contributed by atoms with van der Waals surface area (Å²) in [6.45, 7) is 6.34. The minimum atomic E-state index is 0.576. The molecule has 0 saturated carbocycles. The smallest absolute Gasteiger partial charge is 0.0670 e. The molecular weight excluding hydrogens is 232 g/mol. The molecule has 0 aliphatic carbocycles. The van der Waals surface area contributed by atoms with Gasteiger partial charge in [-0.25, -0.2) is 0 Å². The van der Waals surface area contributed by atoms with Crippen LogP contribution in [0.1, 0.15) is 20.3 Å². The molecule has 2 rings (SSSR count). The van der Waals surface area contributed by atoms with Crippen LogP contribution in [0.25, 0.3) is 10.9 Å². The van der Waals surface area contributed by atoms with Crippen molar-refractivity contribution < 1.29 is 0 Å². The molecular formula is C14H19ClN2. The van der Waals surface area contributed by atoms with Gasteiger partial charge in [0.25, 0.3) is 0 Å². The molecule has 1 heterocycles. The molecule has 0 saturated heterocycles. The van der Waals surface area contributed by atoms with Crippen molar-refractivity contribution in [2.75, 3.05) is 6.54 Å². The van der Waals surface area contributed by atoms with Crippen LogP contribution in [0, 0.1) is 0 Å². The van der Waals surface area contributed by atoms with E-state index in [0.29, 0.717) is 6.04 Å². The third kappa shape index (κ3) is 2.82. The van der Waals surface area contributed by atoms with Crippen LogP contribution >= 0.6 is 11.6 Å². The lowest BCUT2D eigenvalue weighted by Crippen LogP contribution is -2.28. The molecule has 92 valence electrons. The van der Waals surface area contributed by atoms with Crippen molar-refractivity contribution in [2.24, 2.45) is 0 Å². The van der Waals surface area contributed by atoms with Crippen molar-refractivity contribution in [1.29, 1.82) is 0 Å². The van der Waals surface area contributed by atoms with Crippen LogP contribution < -0.4 is 5.32 Å². The van der Waals surface area contributed by atoms with Gasteiger partial charge in [-0.1, -0.05) is 30.7 Å². The Morgan fingerprint density at radius 1 is 1.35 bits per heavy atom. The number of hydrogen-bond acceptors (Lipinski definition) is 1. The first-order valence-corrected chi connectivity index (χ1v) is 6.57. The standard InChI is InChI=1S/C14H19ClN2/c1-3-11(2)16-8-10-17-9-7-12-5-4-6-13(15)14(12)17/h4-7,9,11,16H,3,8,10H2,1-2H3. The van der Waals surface area contributed by atoms with Crippen LogP contribution in [0.2, 0.25) is 5.02 Å². The van der Waals surface area contributed by atoms with Gasteiger partial charge in [0.2, 0.25) is 0 Å². The van der Waals surface area contributed by atoms with Gasteiger partial charge in [-0.2, -0.15) is 0 Å². The van der Waals surface area contributed by atoms with Gasteiger partial charge in [0, 0.05) is 30.7 Å². The number of fused-ring (bicyclic) bond motifs is 1. The lowest BCUT2D eigenvalue weighted by molar-refractivity contribution is 0.509. The van der Waals surface area contributed by atoms with E-state index in [2.05, 4.69) is 42.1 Å². The molecule has 0 aliphatic heterocycles. The Hall–Kier alpha value is -0.990. The Bertz CT molecular complexity index is 490. The Morgan fingerprint density at radius 3 is 2.94 bits per heavy atom. The number of nitrogens with one attached hydrogen (secondary N) is 1. The summed E-state index contributed by atoms with van der Waals surface area (Å²) in [5.74, 6) is 0. The number of hydrogen-bond donors (Lipinski definition) is 1. The SMILES string of the molecule is CCC(C)NCCn1ccc2cccc(Cl)c21. The maximum Gasteiger partial charge on any atom is 0.0670 e. The predicted molar refractivity (Wildman–Crippen MR) is 74.7 cm³/mol. The predicted octanol–water partition coefficient (Wildman–Crippen LogP) is 3.68. The molecule has 0 fully saturated rings. The molecule has 1 atom stereocenters. The molecule has 1 unspecified atom stereocenters. The Kier molecular flexibility index (Phi) is 4.08. The molecule has 0 spiro atoms. The first-order valence-electron chi connectivity index (χ1n) is 6.19. The maximum absolute atomic E-state index is 6.23. The summed E-state index contributed by atoms with van der Waals surface area (Å²) in [7, 11) is 0. The zero-order chi connectivity index (χ0) is 12.3. The van der Waals surface area contributed by atoms with Crippen LogP contribution in [0.15, 0.2) is 30.5 Å². The molecule has 1 aromatic heterocycles. The molecule has 0 aliphatic rings. The van der Waals surface area contributed by atoms with Crippen molar-refractivity contribution >= 4 is 22.5 Å². The molecule has 2 aromatic rings. The van der Waals surface area contributed by atoms with E-state index in [4.69, 9.17) is 11.6 Å². The average Bonchev–Trinajstić information content (AvgIpc) is 2.74. The van der Waals surface area contributed by atoms with Crippen LogP contribution in [-0.2, 0) is 6.54 Å². The number of rotatable bonds is 5. The van der Waals surface area contributed by atoms with E-state index in [1.54, 1.807) is 0 Å². The summed E-state index contributed by atoms with van der Waals surface area (Å²) < 4.78 is 2.22. The van der Waals surface area contributed by atoms with Crippen LogP contribution in [0.5, 0.6) is 0 Å². The second-order valence-corrected chi connectivity index (χ2v) is 4.86. The van der Waals surface area contributed by atoms with Crippen molar-refractivity contribution in [3.63, 3.8) is 0 Å². The van der Waals surface area contributed by atoms with E-state index in [-0.39, 0.29) is 0 Å². The normalized spacial score (nSPS) is 13.1. The fraction of sp³-hybridized carbons (Fsp3) is 0.429. The highest BCUT2D eigenvalue weighted by atomic mass is 35.5. The highest BCUT2D eigenvalue weighted by molar-refractivity contribution is 6.35. The van der Waals surface area contributed by atoms with Gasteiger partial charge in [0.1, 0.15) is 0 Å². The zero-order valence-corrected chi connectivity index (χ0v) is 11.2. The number of para-hydroxylation sites is 1. The molecule has 3 heteroatoms. The second kappa shape index (κ2) is 5.56. The van der Waals surface area contributed by atoms with E-state index in [1.807, 2.05) is 12.1 Å². The van der Waals surface area contributed by atoms with Crippen LogP contribution in [0.4, 0.5) is 0 Å². The first-order chi connectivity index (χ1) is 8.22. The van der Waals surface area contributed by atoms with Gasteiger partial charge >= 0.3 is 0 Å². The molecule has 1 aromatic carbocycles. The summed E-state index contributed by atoms with van der Waals surface area (Å²) in [6.07, 6.45) is 3.27. The molecule has 0 amide bonds. The average molecular weight is 251 g/mol. The number of halogens is 1. The van der Waals surface area contributed by atoms with Crippen molar-refractivity contribution in [3.05, 3.63) is 35.5 Å². The molecule has 0 bridgehead atoms. The second-order valence-electron chi connectivity index (χ2n) is 4.45. The van der Waals surface area contributed by atoms with Gasteiger partial charge in [0.15, 0.2) is 0 Å². The van der Waals surface area contributed by atoms with E-state index in [1.165, 1.54) is 5.39 Å². The fourth-order valence-electron chi connectivity index (χ4n) is 1.98. The Labute approximate surface area is 108 Å². The summed E-state index contributed by atoms with van der Waals surface area (Å²) in [4.78, 5) is 0. The lowest BCUT2D eigenvalue weighted by Gasteiger charge is -2.12. The van der Waals surface area contributed by atoms with Gasteiger partial charge in [-0.3, -0.25) is 0 Å². The first kappa shape index (κ1) is 12.5. The number of benzene rings is 1. The third-order valence-electron chi connectivity index (χ3n) is 3.20. The van der Waals surface area contributed by atoms with Gasteiger partial charge in [0.05, 0.1) is 10.5 Å². The van der Waals surface area contributed by atoms with Crippen molar-refractivity contribution in [2.45, 2.75) is 32.9 Å². The Balaban J connectivity index is 2.09. The highest BCUT2D eigenvalue weighted by Crippen LogP contribution is 2.24. The van der Waals surface area contributed by atoms with E-state index in [9.17, 15) is 0 Å². The van der Waals surface area contributed by atoms with Gasteiger partial charge < -0.3 is 9.88 Å². The molecule has 2 nitrogen and oxygen atoms in total. The van der Waals surface area contributed by atoms with Gasteiger partial charge in [-0.05, 0) is 25.5 Å². The summed E-state index contributed by atoms with van der Waals surface area (Å²) in [6, 6.07) is 8.73. The van der Waals surface area contributed by atoms with Crippen LogP contribution in [0.3, 0.4) is 0 Å². The van der Waals surface area contributed by atoms with Crippen molar-refractivity contribution in [1.82, 2.24) is 9.88 Å².